The van der Waals surface area contributed by atoms with Crippen LogP contribution in [0.4, 0.5) is 0 Å². The summed E-state index contributed by atoms with van der Waals surface area (Å²) in [5, 5.41) is 3.93. The second-order valence-corrected chi connectivity index (χ2v) is 11.4. The van der Waals surface area contributed by atoms with Crippen molar-refractivity contribution in [2.45, 2.75) is 58.4 Å². The van der Waals surface area contributed by atoms with Crippen LogP contribution in [0.25, 0.3) is 0 Å². The zero-order chi connectivity index (χ0) is 27.5. The van der Waals surface area contributed by atoms with Gasteiger partial charge in [-0.1, -0.05) is 102 Å². The Kier molecular flexibility index (Phi) is 12.0. The number of aryl methyl sites for hydroxylation is 2. The van der Waals surface area contributed by atoms with Crippen molar-refractivity contribution in [2.75, 3.05) is 12.3 Å². The molecular formula is C31H36Cl2N2O2S. The predicted octanol–water partition coefficient (Wildman–Crippen LogP) is 7.40. The van der Waals surface area contributed by atoms with Crippen LogP contribution in [0.15, 0.2) is 66.7 Å². The number of benzene rings is 3. The second-order valence-electron chi connectivity index (χ2n) is 9.61. The molecule has 0 fully saturated rings. The lowest BCUT2D eigenvalue weighted by Crippen LogP contribution is -2.51. The molecule has 0 saturated carbocycles. The highest BCUT2D eigenvalue weighted by Gasteiger charge is 2.30. The highest BCUT2D eigenvalue weighted by atomic mass is 35.5. The van der Waals surface area contributed by atoms with Crippen LogP contribution in [0, 0.1) is 13.8 Å². The maximum atomic E-state index is 13.8. The normalized spacial score (nSPS) is 11.7. The quantitative estimate of drug-likeness (QED) is 0.218. The Morgan fingerprint density at radius 3 is 2.26 bits per heavy atom. The van der Waals surface area contributed by atoms with E-state index in [1.807, 2.05) is 36.4 Å². The Balaban J connectivity index is 1.86. The van der Waals surface area contributed by atoms with Crippen LogP contribution < -0.4 is 5.32 Å². The van der Waals surface area contributed by atoms with Gasteiger partial charge in [-0.15, -0.1) is 11.8 Å². The molecule has 0 bridgehead atoms. The van der Waals surface area contributed by atoms with E-state index in [0.717, 1.165) is 29.7 Å². The number of halogens is 2. The van der Waals surface area contributed by atoms with Crippen LogP contribution in [-0.4, -0.2) is 35.1 Å². The van der Waals surface area contributed by atoms with E-state index in [9.17, 15) is 9.59 Å². The number of nitrogens with one attached hydrogen (secondary N) is 1. The van der Waals surface area contributed by atoms with Gasteiger partial charge in [0.25, 0.3) is 0 Å². The zero-order valence-corrected chi connectivity index (χ0v) is 24.6. The van der Waals surface area contributed by atoms with Gasteiger partial charge < -0.3 is 10.2 Å². The van der Waals surface area contributed by atoms with Crippen molar-refractivity contribution >= 4 is 46.8 Å². The van der Waals surface area contributed by atoms with Crippen LogP contribution in [0.3, 0.4) is 0 Å². The van der Waals surface area contributed by atoms with Crippen molar-refractivity contribution in [2.24, 2.45) is 0 Å². The number of amides is 2. The third kappa shape index (κ3) is 9.37. The number of carbonyl (C=O) groups excluding carboxylic acids is 2. The molecule has 3 rings (SSSR count). The molecular weight excluding hydrogens is 535 g/mol. The molecule has 0 heterocycles. The number of hydrogen-bond acceptors (Lipinski definition) is 3. The maximum Gasteiger partial charge on any atom is 0.243 e. The monoisotopic (exact) mass is 570 g/mol. The smallest absolute Gasteiger partial charge is 0.243 e. The highest BCUT2D eigenvalue weighted by Crippen LogP contribution is 2.25. The lowest BCUT2D eigenvalue weighted by atomic mass is 10.0. The fourth-order valence-corrected chi connectivity index (χ4v) is 5.55. The van der Waals surface area contributed by atoms with Crippen LogP contribution in [0.5, 0.6) is 0 Å². The molecule has 0 saturated heterocycles. The van der Waals surface area contributed by atoms with Gasteiger partial charge >= 0.3 is 0 Å². The fraction of sp³-hybridized carbons (Fsp3) is 0.355. The summed E-state index contributed by atoms with van der Waals surface area (Å²) in [7, 11) is 0. The third-order valence-electron chi connectivity index (χ3n) is 6.21. The average molecular weight is 572 g/mol. The Hall–Kier alpha value is -2.47. The topological polar surface area (TPSA) is 49.4 Å². The van der Waals surface area contributed by atoms with Crippen molar-refractivity contribution in [3.05, 3.63) is 105 Å². The van der Waals surface area contributed by atoms with Gasteiger partial charge in [-0.2, -0.15) is 0 Å². The van der Waals surface area contributed by atoms with E-state index < -0.39 is 6.04 Å². The zero-order valence-electron chi connectivity index (χ0n) is 22.3. The number of unbranched alkanes of at least 4 members (excludes halogenated alkanes) is 1. The summed E-state index contributed by atoms with van der Waals surface area (Å²) in [6.45, 7) is 7.09. The van der Waals surface area contributed by atoms with Gasteiger partial charge in [0.2, 0.25) is 11.8 Å². The van der Waals surface area contributed by atoms with Crippen molar-refractivity contribution in [1.29, 1.82) is 0 Å². The second kappa shape index (κ2) is 15.2. The van der Waals surface area contributed by atoms with Gasteiger partial charge in [0.05, 0.1) is 15.8 Å². The molecule has 4 nitrogen and oxygen atoms in total. The lowest BCUT2D eigenvalue weighted by molar-refractivity contribution is -0.139. The van der Waals surface area contributed by atoms with Crippen molar-refractivity contribution in [3.63, 3.8) is 0 Å². The van der Waals surface area contributed by atoms with E-state index in [-0.39, 0.29) is 24.1 Å². The summed E-state index contributed by atoms with van der Waals surface area (Å²) in [5.41, 5.74) is 5.43. The predicted molar refractivity (Wildman–Crippen MR) is 161 cm³/mol. The molecule has 38 heavy (non-hydrogen) atoms. The summed E-state index contributed by atoms with van der Waals surface area (Å²) >= 11 is 14.0. The Morgan fingerprint density at radius 2 is 1.61 bits per heavy atom. The molecule has 1 N–H and O–H groups in total. The molecule has 2 amide bonds. The van der Waals surface area contributed by atoms with E-state index in [4.69, 9.17) is 23.2 Å². The number of carbonyl (C=O) groups is 2. The number of hydrogen-bond donors (Lipinski definition) is 1. The number of nitrogens with zero attached hydrogens (tertiary/aromatic N) is 1. The molecule has 0 aromatic heterocycles. The average Bonchev–Trinajstić information content (AvgIpc) is 2.88. The molecule has 3 aromatic rings. The molecule has 0 aliphatic carbocycles. The summed E-state index contributed by atoms with van der Waals surface area (Å²) in [4.78, 5) is 28.9. The highest BCUT2D eigenvalue weighted by molar-refractivity contribution is 7.99. The van der Waals surface area contributed by atoms with Gasteiger partial charge in [-0.05, 0) is 49.1 Å². The fourth-order valence-electron chi connectivity index (χ4n) is 4.39. The van der Waals surface area contributed by atoms with E-state index in [1.54, 1.807) is 28.8 Å². The van der Waals surface area contributed by atoms with Crippen molar-refractivity contribution in [3.8, 4) is 0 Å². The van der Waals surface area contributed by atoms with Gasteiger partial charge in [0.1, 0.15) is 6.04 Å². The lowest BCUT2D eigenvalue weighted by Gasteiger charge is -2.31. The first-order valence-corrected chi connectivity index (χ1v) is 14.9. The van der Waals surface area contributed by atoms with E-state index in [2.05, 4.69) is 44.3 Å². The van der Waals surface area contributed by atoms with Gasteiger partial charge in [0.15, 0.2) is 0 Å². The Morgan fingerprint density at radius 1 is 0.895 bits per heavy atom. The minimum atomic E-state index is -0.655. The molecule has 7 heteroatoms. The molecule has 0 spiro atoms. The summed E-state index contributed by atoms with van der Waals surface area (Å²) in [5.74, 6) is 0.759. The minimum Gasteiger partial charge on any atom is -0.354 e. The SMILES string of the molecule is CCCCNC(=O)[C@H](Cc1ccccc1)N(Cc1ccc(Cl)c(Cl)c1)C(=O)CSCc1cc(C)cc(C)c1. The van der Waals surface area contributed by atoms with Crippen LogP contribution in [-0.2, 0) is 28.3 Å². The van der Waals surface area contributed by atoms with Gasteiger partial charge in [0, 0.05) is 25.3 Å². The molecule has 0 aliphatic heterocycles. The largest absolute Gasteiger partial charge is 0.354 e. The minimum absolute atomic E-state index is 0.0861. The van der Waals surface area contributed by atoms with Gasteiger partial charge in [-0.3, -0.25) is 9.59 Å². The van der Waals surface area contributed by atoms with Crippen LogP contribution in [0.2, 0.25) is 10.0 Å². The van der Waals surface area contributed by atoms with E-state index in [1.165, 1.54) is 16.7 Å². The standard InChI is InChI=1S/C31H36Cl2N2O2S/c1-4-5-13-34-31(37)29(18-24-9-7-6-8-10-24)35(19-25-11-12-27(32)28(33)17-25)30(36)21-38-20-26-15-22(2)14-23(3)16-26/h6-12,14-17,29H,4-5,13,18-21H2,1-3H3,(H,34,37)/t29-/m0/s1. The Labute approximate surface area is 241 Å². The number of thioether (sulfide) groups is 1. The van der Waals surface area contributed by atoms with Gasteiger partial charge in [-0.25, -0.2) is 0 Å². The van der Waals surface area contributed by atoms with Crippen molar-refractivity contribution in [1.82, 2.24) is 10.2 Å². The van der Waals surface area contributed by atoms with E-state index >= 15 is 0 Å². The first-order valence-electron chi connectivity index (χ1n) is 13.0. The molecule has 1 atom stereocenters. The first kappa shape index (κ1) is 30.1. The summed E-state index contributed by atoms with van der Waals surface area (Å²) in [6.07, 6.45) is 2.29. The summed E-state index contributed by atoms with van der Waals surface area (Å²) in [6, 6.07) is 21.0. The molecule has 0 aliphatic rings. The molecule has 0 unspecified atom stereocenters. The third-order valence-corrected chi connectivity index (χ3v) is 7.94. The molecule has 0 radical (unpaired) electrons. The number of rotatable bonds is 13. The summed E-state index contributed by atoms with van der Waals surface area (Å²) < 4.78 is 0. The Bertz CT molecular complexity index is 1200. The first-order chi connectivity index (χ1) is 18.3. The van der Waals surface area contributed by atoms with Crippen LogP contribution in [0.1, 0.15) is 47.6 Å². The molecule has 3 aromatic carbocycles. The van der Waals surface area contributed by atoms with Crippen LogP contribution >= 0.6 is 35.0 Å². The maximum absolute atomic E-state index is 13.8. The molecule has 202 valence electrons. The van der Waals surface area contributed by atoms with Crippen molar-refractivity contribution < 1.29 is 9.59 Å². The van der Waals surface area contributed by atoms with E-state index in [0.29, 0.717) is 23.0 Å².